The predicted molar refractivity (Wildman–Crippen MR) is 125 cm³/mol. The van der Waals surface area contributed by atoms with Gasteiger partial charge in [0.15, 0.2) is 5.16 Å². The number of thioether (sulfide) groups is 1. The second kappa shape index (κ2) is 8.99. The van der Waals surface area contributed by atoms with Crippen molar-refractivity contribution in [1.29, 1.82) is 0 Å². The summed E-state index contributed by atoms with van der Waals surface area (Å²) in [6.45, 7) is 13.3. The molecule has 1 aromatic carbocycles. The summed E-state index contributed by atoms with van der Waals surface area (Å²) in [5, 5.41) is 4.88. The van der Waals surface area contributed by atoms with Crippen LogP contribution in [0.3, 0.4) is 0 Å². The lowest BCUT2D eigenvalue weighted by atomic mass is 9.87. The first-order valence-electron chi connectivity index (χ1n) is 10.9. The monoisotopic (exact) mass is 437 g/mol. The molecular formula is C24H31N5OS. The lowest BCUT2D eigenvalue weighted by Crippen LogP contribution is -2.39. The Balaban J connectivity index is 1.40. The Bertz CT molecular complexity index is 1000. The molecule has 164 valence electrons. The van der Waals surface area contributed by atoms with E-state index in [0.29, 0.717) is 29.3 Å². The van der Waals surface area contributed by atoms with Gasteiger partial charge in [0.2, 0.25) is 11.7 Å². The molecule has 1 saturated heterocycles. The molecule has 3 aromatic rings. The second-order valence-corrected chi connectivity index (χ2v) is 10.6. The molecule has 0 aliphatic carbocycles. The minimum atomic E-state index is 0.121. The Hall–Kier alpha value is -2.41. The van der Waals surface area contributed by atoms with Crippen LogP contribution in [0.4, 0.5) is 5.82 Å². The van der Waals surface area contributed by atoms with Crippen LogP contribution in [0.25, 0.3) is 11.4 Å². The molecule has 31 heavy (non-hydrogen) atoms. The molecule has 6 nitrogen and oxygen atoms in total. The molecule has 0 bridgehead atoms. The molecule has 2 aromatic heterocycles. The minimum absolute atomic E-state index is 0.121. The van der Waals surface area contributed by atoms with E-state index in [1.165, 1.54) is 23.7 Å². The molecule has 7 heteroatoms. The standard InChI is InChI=1S/C24H31N5OS/c1-16-12-17(2)14-29(13-16)20-10-11-25-23(26-20)31-15-21-27-22(28-30-21)18-6-8-19(9-7-18)24(3,4)5/h6-11,16-17H,12-15H2,1-5H3. The molecule has 0 N–H and O–H groups in total. The number of nitrogens with zero attached hydrogens (tertiary/aromatic N) is 5. The molecule has 0 spiro atoms. The summed E-state index contributed by atoms with van der Waals surface area (Å²) in [7, 11) is 0. The summed E-state index contributed by atoms with van der Waals surface area (Å²) in [5.41, 5.74) is 2.36. The molecule has 0 amide bonds. The maximum Gasteiger partial charge on any atom is 0.237 e. The Kier molecular flexibility index (Phi) is 6.32. The largest absolute Gasteiger partial charge is 0.356 e. The molecule has 2 unspecified atom stereocenters. The van der Waals surface area contributed by atoms with Crippen LogP contribution < -0.4 is 4.90 Å². The normalized spacial score (nSPS) is 19.6. The molecule has 2 atom stereocenters. The highest BCUT2D eigenvalue weighted by atomic mass is 32.2. The van der Waals surface area contributed by atoms with Gasteiger partial charge in [-0.1, -0.05) is 75.8 Å². The second-order valence-electron chi connectivity index (χ2n) is 9.68. The van der Waals surface area contributed by atoms with E-state index in [0.717, 1.165) is 29.6 Å². The van der Waals surface area contributed by atoms with E-state index in [4.69, 9.17) is 9.51 Å². The summed E-state index contributed by atoms with van der Waals surface area (Å²) < 4.78 is 5.47. The lowest BCUT2D eigenvalue weighted by molar-refractivity contribution is 0.355. The fourth-order valence-corrected chi connectivity index (χ4v) is 4.77. The van der Waals surface area contributed by atoms with Gasteiger partial charge in [-0.2, -0.15) is 4.98 Å². The van der Waals surface area contributed by atoms with Crippen LogP contribution in [0.2, 0.25) is 0 Å². The summed E-state index contributed by atoms with van der Waals surface area (Å²) >= 11 is 1.52. The Labute approximate surface area is 188 Å². The first-order valence-corrected chi connectivity index (χ1v) is 11.9. The molecule has 4 rings (SSSR count). The van der Waals surface area contributed by atoms with E-state index in [1.807, 2.05) is 12.3 Å². The van der Waals surface area contributed by atoms with E-state index >= 15 is 0 Å². The van der Waals surface area contributed by atoms with Gasteiger partial charge in [-0.15, -0.1) is 0 Å². The summed E-state index contributed by atoms with van der Waals surface area (Å²) in [6.07, 6.45) is 3.12. The van der Waals surface area contributed by atoms with Crippen LogP contribution >= 0.6 is 11.8 Å². The first kappa shape index (κ1) is 21.8. The summed E-state index contributed by atoms with van der Waals surface area (Å²) in [6, 6.07) is 10.4. The van der Waals surface area contributed by atoms with Gasteiger partial charge in [-0.3, -0.25) is 0 Å². The van der Waals surface area contributed by atoms with Crippen molar-refractivity contribution in [2.24, 2.45) is 11.8 Å². The molecule has 0 saturated carbocycles. The maximum atomic E-state index is 5.47. The number of hydrogen-bond acceptors (Lipinski definition) is 7. The highest BCUT2D eigenvalue weighted by molar-refractivity contribution is 7.98. The topological polar surface area (TPSA) is 67.9 Å². The van der Waals surface area contributed by atoms with Crippen molar-refractivity contribution in [2.45, 2.75) is 57.4 Å². The van der Waals surface area contributed by atoms with Crippen LogP contribution in [0.5, 0.6) is 0 Å². The highest BCUT2D eigenvalue weighted by Crippen LogP contribution is 2.28. The van der Waals surface area contributed by atoms with Crippen molar-refractivity contribution < 1.29 is 4.52 Å². The van der Waals surface area contributed by atoms with E-state index in [9.17, 15) is 0 Å². The van der Waals surface area contributed by atoms with Crippen molar-refractivity contribution in [1.82, 2.24) is 20.1 Å². The van der Waals surface area contributed by atoms with Gasteiger partial charge in [-0.25, -0.2) is 9.97 Å². The summed E-state index contributed by atoms with van der Waals surface area (Å²) in [5.74, 6) is 4.11. The first-order chi connectivity index (χ1) is 14.8. The van der Waals surface area contributed by atoms with Gasteiger partial charge in [0.1, 0.15) is 5.82 Å². The fourth-order valence-electron chi connectivity index (χ4n) is 4.10. The summed E-state index contributed by atoms with van der Waals surface area (Å²) in [4.78, 5) is 16.1. The smallest absolute Gasteiger partial charge is 0.237 e. The van der Waals surface area contributed by atoms with Crippen LogP contribution in [0, 0.1) is 11.8 Å². The van der Waals surface area contributed by atoms with Crippen molar-refractivity contribution in [3.05, 3.63) is 48.0 Å². The van der Waals surface area contributed by atoms with Crippen molar-refractivity contribution in [2.75, 3.05) is 18.0 Å². The van der Waals surface area contributed by atoms with E-state index in [-0.39, 0.29) is 5.41 Å². The van der Waals surface area contributed by atoms with Crippen LogP contribution in [0.1, 0.15) is 52.5 Å². The number of rotatable bonds is 5. The quantitative estimate of drug-likeness (QED) is 0.380. The molecule has 1 fully saturated rings. The highest BCUT2D eigenvalue weighted by Gasteiger charge is 2.23. The number of aromatic nitrogens is 4. The number of piperidine rings is 1. The van der Waals surface area contributed by atoms with E-state index in [1.54, 1.807) is 0 Å². The van der Waals surface area contributed by atoms with Gasteiger partial charge in [-0.05, 0) is 35.3 Å². The zero-order valence-electron chi connectivity index (χ0n) is 19.0. The fraction of sp³-hybridized carbons (Fsp3) is 0.500. The Morgan fingerprint density at radius 1 is 1.03 bits per heavy atom. The average molecular weight is 438 g/mol. The third kappa shape index (κ3) is 5.45. The van der Waals surface area contributed by atoms with Gasteiger partial charge in [0.25, 0.3) is 0 Å². The lowest BCUT2D eigenvalue weighted by Gasteiger charge is -2.35. The SMILES string of the molecule is CC1CC(C)CN(c2ccnc(SCc3nc(-c4ccc(C(C)(C)C)cc4)no3)n2)C1. The molecule has 1 aliphatic rings. The third-order valence-electron chi connectivity index (χ3n) is 5.61. The molecule has 0 radical (unpaired) electrons. The van der Waals surface area contributed by atoms with Gasteiger partial charge < -0.3 is 9.42 Å². The average Bonchev–Trinajstić information content (AvgIpc) is 3.20. The molecular weight excluding hydrogens is 406 g/mol. The van der Waals surface area contributed by atoms with Crippen molar-refractivity contribution >= 4 is 17.6 Å². The molecule has 3 heterocycles. The number of benzene rings is 1. The minimum Gasteiger partial charge on any atom is -0.356 e. The number of hydrogen-bond donors (Lipinski definition) is 0. The zero-order valence-corrected chi connectivity index (χ0v) is 19.8. The van der Waals surface area contributed by atoms with Crippen LogP contribution in [-0.4, -0.2) is 33.2 Å². The van der Waals surface area contributed by atoms with Gasteiger partial charge in [0, 0.05) is 24.8 Å². The van der Waals surface area contributed by atoms with Crippen LogP contribution in [-0.2, 0) is 11.2 Å². The maximum absolute atomic E-state index is 5.47. The predicted octanol–water partition coefficient (Wildman–Crippen LogP) is 5.60. The van der Waals surface area contributed by atoms with Crippen molar-refractivity contribution in [3.63, 3.8) is 0 Å². The van der Waals surface area contributed by atoms with E-state index in [2.05, 4.69) is 78.9 Å². The van der Waals surface area contributed by atoms with Gasteiger partial charge in [0.05, 0.1) is 5.75 Å². The Morgan fingerprint density at radius 3 is 2.42 bits per heavy atom. The number of anilines is 1. The zero-order chi connectivity index (χ0) is 22.0. The third-order valence-corrected chi connectivity index (χ3v) is 6.46. The van der Waals surface area contributed by atoms with Crippen LogP contribution in [0.15, 0.2) is 46.2 Å². The van der Waals surface area contributed by atoms with E-state index < -0.39 is 0 Å². The van der Waals surface area contributed by atoms with Gasteiger partial charge >= 0.3 is 0 Å². The molecule has 1 aliphatic heterocycles. The van der Waals surface area contributed by atoms with Crippen molar-refractivity contribution in [3.8, 4) is 11.4 Å². The Morgan fingerprint density at radius 2 is 1.74 bits per heavy atom.